The Morgan fingerprint density at radius 1 is 1.47 bits per heavy atom. The van der Waals surface area contributed by atoms with Gasteiger partial charge in [-0.25, -0.2) is 0 Å². The van der Waals surface area contributed by atoms with Gasteiger partial charge in [0.25, 0.3) is 5.91 Å². The van der Waals surface area contributed by atoms with Gasteiger partial charge in [-0.1, -0.05) is 15.9 Å². The number of amides is 1. The molecule has 0 radical (unpaired) electrons. The number of hydrogen-bond acceptors (Lipinski definition) is 3. The molecule has 1 aromatic rings. The molecule has 0 saturated carbocycles. The van der Waals surface area contributed by atoms with Crippen molar-refractivity contribution in [3.8, 4) is 0 Å². The quantitative estimate of drug-likeness (QED) is 0.745. The fourth-order valence-electron chi connectivity index (χ4n) is 2.82. The zero-order valence-corrected chi connectivity index (χ0v) is 14.1. The van der Waals surface area contributed by atoms with Crippen LogP contribution in [0.2, 0.25) is 0 Å². The first-order valence-electron chi connectivity index (χ1n) is 6.86. The van der Waals surface area contributed by atoms with E-state index in [0.29, 0.717) is 6.04 Å². The lowest BCUT2D eigenvalue weighted by Gasteiger charge is -2.34. The molecule has 0 aromatic carbocycles. The summed E-state index contributed by atoms with van der Waals surface area (Å²) >= 11 is 7.26. The van der Waals surface area contributed by atoms with E-state index in [1.165, 1.54) is 22.6 Å². The van der Waals surface area contributed by atoms with E-state index in [0.717, 1.165) is 41.8 Å². The molecule has 0 aliphatic carbocycles. The fraction of sp³-hybridized carbons (Fsp3) is 0.643. The largest absolute Gasteiger partial charge is 0.334 e. The topological polar surface area (TPSA) is 20.3 Å². The van der Waals surface area contributed by atoms with Crippen molar-refractivity contribution in [2.24, 2.45) is 0 Å². The van der Waals surface area contributed by atoms with Gasteiger partial charge in [-0.2, -0.15) is 11.8 Å². The van der Waals surface area contributed by atoms with Crippen LogP contribution in [0.4, 0.5) is 0 Å². The van der Waals surface area contributed by atoms with Gasteiger partial charge in [-0.3, -0.25) is 4.79 Å². The third-order valence-corrected chi connectivity index (χ3v) is 6.88. The van der Waals surface area contributed by atoms with E-state index in [1.54, 1.807) is 11.3 Å². The number of thioether (sulfide) groups is 1. The maximum atomic E-state index is 12.7. The van der Waals surface area contributed by atoms with Crippen LogP contribution >= 0.6 is 39.0 Å². The number of fused-ring (bicyclic) bond motifs is 1. The molecule has 1 amide bonds. The van der Waals surface area contributed by atoms with Crippen LogP contribution in [0.25, 0.3) is 0 Å². The first-order chi connectivity index (χ1) is 9.29. The Morgan fingerprint density at radius 3 is 3.16 bits per heavy atom. The van der Waals surface area contributed by atoms with Gasteiger partial charge in [0.05, 0.1) is 4.88 Å². The molecular formula is C14H18BrNOS2. The summed E-state index contributed by atoms with van der Waals surface area (Å²) in [7, 11) is 0. The summed E-state index contributed by atoms with van der Waals surface area (Å²) in [6.45, 7) is 0.923. The molecule has 5 heteroatoms. The molecule has 19 heavy (non-hydrogen) atoms. The molecule has 1 saturated heterocycles. The van der Waals surface area contributed by atoms with Gasteiger partial charge < -0.3 is 4.90 Å². The van der Waals surface area contributed by atoms with Gasteiger partial charge in [-0.15, -0.1) is 11.3 Å². The van der Waals surface area contributed by atoms with Gasteiger partial charge in [0.1, 0.15) is 0 Å². The lowest BCUT2D eigenvalue weighted by Crippen LogP contribution is -2.44. The van der Waals surface area contributed by atoms with E-state index < -0.39 is 0 Å². The van der Waals surface area contributed by atoms with E-state index in [9.17, 15) is 4.79 Å². The Balaban J connectivity index is 1.80. The summed E-state index contributed by atoms with van der Waals surface area (Å²) in [5, 5.41) is 0.902. The van der Waals surface area contributed by atoms with Crippen molar-refractivity contribution in [3.05, 3.63) is 21.4 Å². The average molecular weight is 360 g/mol. The van der Waals surface area contributed by atoms with E-state index in [-0.39, 0.29) is 5.91 Å². The maximum absolute atomic E-state index is 12.7. The zero-order chi connectivity index (χ0) is 13.2. The summed E-state index contributed by atoms with van der Waals surface area (Å²) < 4.78 is 0. The van der Waals surface area contributed by atoms with E-state index >= 15 is 0 Å². The molecule has 2 aliphatic rings. The molecule has 1 atom stereocenters. The molecule has 3 rings (SSSR count). The summed E-state index contributed by atoms with van der Waals surface area (Å²) in [5.41, 5.74) is 1.40. The van der Waals surface area contributed by atoms with E-state index in [2.05, 4.69) is 26.9 Å². The molecule has 0 spiro atoms. The Labute approximate surface area is 131 Å². The van der Waals surface area contributed by atoms with Crippen LogP contribution in [0.1, 0.15) is 39.4 Å². The molecular weight excluding hydrogens is 342 g/mol. The molecule has 0 bridgehead atoms. The number of alkyl halides is 1. The Bertz CT molecular complexity index is 451. The second kappa shape index (κ2) is 6.19. The molecule has 2 aliphatic heterocycles. The number of hydrogen-bond donors (Lipinski definition) is 0. The van der Waals surface area contributed by atoms with Gasteiger partial charge in [0, 0.05) is 28.5 Å². The Hall–Kier alpha value is -0.000000000000000167. The number of halogens is 1. The van der Waals surface area contributed by atoms with Crippen LogP contribution in [0.5, 0.6) is 0 Å². The maximum Gasteiger partial charge on any atom is 0.264 e. The first kappa shape index (κ1) is 14.0. The zero-order valence-electron chi connectivity index (χ0n) is 10.9. The molecule has 3 heterocycles. The minimum absolute atomic E-state index is 0.258. The molecule has 1 aromatic heterocycles. The van der Waals surface area contributed by atoms with Crippen LogP contribution in [-0.2, 0) is 12.2 Å². The third kappa shape index (κ3) is 2.88. The molecule has 1 unspecified atom stereocenters. The van der Waals surface area contributed by atoms with Crippen molar-refractivity contribution in [2.75, 3.05) is 17.6 Å². The SMILES string of the molecule is O=C(c1cc2c(s1)CCSC2)N1CCCCC1CBr. The molecule has 0 N–H and O–H groups in total. The lowest BCUT2D eigenvalue weighted by molar-refractivity contribution is 0.0647. The summed E-state index contributed by atoms with van der Waals surface area (Å²) in [5.74, 6) is 2.55. The predicted octanol–water partition coefficient (Wildman–Crippen LogP) is 3.93. The number of carbonyl (C=O) groups excluding carboxylic acids is 1. The number of nitrogens with zero attached hydrogens (tertiary/aromatic N) is 1. The van der Waals surface area contributed by atoms with Gasteiger partial charge >= 0.3 is 0 Å². The van der Waals surface area contributed by atoms with Gasteiger partial charge in [0.15, 0.2) is 0 Å². The highest BCUT2D eigenvalue weighted by Gasteiger charge is 2.28. The fourth-order valence-corrected chi connectivity index (χ4v) is 5.82. The Kier molecular flexibility index (Phi) is 4.54. The number of aryl methyl sites for hydroxylation is 1. The van der Waals surface area contributed by atoms with E-state index in [4.69, 9.17) is 0 Å². The van der Waals surface area contributed by atoms with Crippen LogP contribution in [0.15, 0.2) is 6.07 Å². The molecule has 1 fully saturated rings. The minimum atomic E-state index is 0.258. The van der Waals surface area contributed by atoms with Crippen LogP contribution in [0.3, 0.4) is 0 Å². The van der Waals surface area contributed by atoms with Crippen molar-refractivity contribution in [2.45, 2.75) is 37.5 Å². The number of piperidine rings is 1. The number of rotatable bonds is 2. The second-order valence-corrected chi connectivity index (χ2v) is 8.05. The number of carbonyl (C=O) groups is 1. The second-order valence-electron chi connectivity index (χ2n) is 5.16. The Morgan fingerprint density at radius 2 is 2.37 bits per heavy atom. The van der Waals surface area contributed by atoms with Crippen molar-refractivity contribution in [1.82, 2.24) is 4.90 Å². The highest BCUT2D eigenvalue weighted by Crippen LogP contribution is 2.33. The van der Waals surface area contributed by atoms with Crippen molar-refractivity contribution in [1.29, 1.82) is 0 Å². The summed E-state index contributed by atoms with van der Waals surface area (Å²) in [4.78, 5) is 17.2. The molecule has 104 valence electrons. The summed E-state index contributed by atoms with van der Waals surface area (Å²) in [6, 6.07) is 2.53. The van der Waals surface area contributed by atoms with Crippen LogP contribution in [-0.4, -0.2) is 34.5 Å². The summed E-state index contributed by atoms with van der Waals surface area (Å²) in [6.07, 6.45) is 4.67. The minimum Gasteiger partial charge on any atom is -0.334 e. The van der Waals surface area contributed by atoms with Crippen molar-refractivity contribution in [3.63, 3.8) is 0 Å². The van der Waals surface area contributed by atoms with Crippen LogP contribution in [0, 0.1) is 0 Å². The van der Waals surface area contributed by atoms with Gasteiger partial charge in [0.2, 0.25) is 0 Å². The molecule has 2 nitrogen and oxygen atoms in total. The van der Waals surface area contributed by atoms with Crippen molar-refractivity contribution >= 4 is 44.9 Å². The predicted molar refractivity (Wildman–Crippen MR) is 86.7 cm³/mol. The standard InChI is InChI=1S/C14H18BrNOS2/c15-8-11-3-1-2-5-16(11)14(17)13-7-10-9-18-6-4-12(10)19-13/h7,11H,1-6,8-9H2. The first-order valence-corrected chi connectivity index (χ1v) is 9.95. The lowest BCUT2D eigenvalue weighted by atomic mass is 10.0. The highest BCUT2D eigenvalue weighted by molar-refractivity contribution is 9.09. The van der Waals surface area contributed by atoms with Crippen LogP contribution < -0.4 is 0 Å². The highest BCUT2D eigenvalue weighted by atomic mass is 79.9. The average Bonchev–Trinajstić information content (AvgIpc) is 2.90. The van der Waals surface area contributed by atoms with E-state index in [1.807, 2.05) is 11.8 Å². The van der Waals surface area contributed by atoms with Gasteiger partial charge in [-0.05, 0) is 43.1 Å². The van der Waals surface area contributed by atoms with Crippen molar-refractivity contribution < 1.29 is 4.79 Å². The number of thiophene rings is 1. The third-order valence-electron chi connectivity index (χ3n) is 3.90. The number of likely N-dealkylation sites (tertiary alicyclic amines) is 1. The normalized spacial score (nSPS) is 23.2. The monoisotopic (exact) mass is 359 g/mol. The smallest absolute Gasteiger partial charge is 0.264 e.